The van der Waals surface area contributed by atoms with Crippen LogP contribution in [0, 0.1) is 5.92 Å². The van der Waals surface area contributed by atoms with E-state index >= 15 is 0 Å². The molecule has 0 aromatic rings. The topological polar surface area (TPSA) is 29.3 Å². The molecule has 0 aromatic heterocycles. The molecule has 3 heteroatoms. The summed E-state index contributed by atoms with van der Waals surface area (Å²) in [7, 11) is 0. The Morgan fingerprint density at radius 1 is 1.78 bits per heavy atom. The van der Waals surface area contributed by atoms with Crippen molar-refractivity contribution in [3.63, 3.8) is 0 Å². The minimum Gasteiger partial charge on any atom is -0.328 e. The molecule has 0 bridgehead atoms. The van der Waals surface area contributed by atoms with Crippen LogP contribution in [-0.2, 0) is 0 Å². The fraction of sp³-hybridized carbons (Fsp3) is 1.00. The third-order valence-electron chi connectivity index (χ3n) is 1.92. The number of nitrogens with zero attached hydrogens (tertiary/aromatic N) is 1. The zero-order valence-corrected chi connectivity index (χ0v) is 7.84. The molecule has 54 valence electrons. The zero-order valence-electron chi connectivity index (χ0n) is 5.68. The second kappa shape index (κ2) is 3.16. The van der Waals surface area contributed by atoms with Crippen LogP contribution in [0.4, 0.5) is 0 Å². The Kier molecular flexibility index (Phi) is 2.73. The lowest BCUT2D eigenvalue weighted by atomic mass is 10.0. The van der Waals surface area contributed by atoms with E-state index in [1.54, 1.807) is 0 Å². The van der Waals surface area contributed by atoms with Gasteiger partial charge in [0.2, 0.25) is 0 Å². The van der Waals surface area contributed by atoms with E-state index in [9.17, 15) is 0 Å². The van der Waals surface area contributed by atoms with E-state index in [2.05, 4.69) is 32.9 Å². The predicted octanol–water partition coefficient (Wildman–Crippen LogP) is 1.01. The molecule has 1 aliphatic heterocycles. The first-order chi connectivity index (χ1) is 4.20. The largest absolute Gasteiger partial charge is 0.328 e. The maximum atomic E-state index is 5.73. The van der Waals surface area contributed by atoms with Crippen molar-refractivity contribution in [1.29, 1.82) is 0 Å². The summed E-state index contributed by atoms with van der Waals surface area (Å²) in [5.74, 6) is 0.738. The molecule has 0 aromatic carbocycles. The molecular formula is C6H13IN2. The Morgan fingerprint density at radius 3 is 2.67 bits per heavy atom. The highest BCUT2D eigenvalue weighted by Gasteiger charge is 2.22. The summed E-state index contributed by atoms with van der Waals surface area (Å²) in [6.07, 6.45) is 1.28. The van der Waals surface area contributed by atoms with Crippen LogP contribution in [0.1, 0.15) is 13.3 Å². The van der Waals surface area contributed by atoms with E-state index in [1.165, 1.54) is 19.5 Å². The van der Waals surface area contributed by atoms with Crippen LogP contribution in [0.25, 0.3) is 0 Å². The van der Waals surface area contributed by atoms with E-state index < -0.39 is 0 Å². The smallest absolute Gasteiger partial charge is 0.0201 e. The van der Waals surface area contributed by atoms with Gasteiger partial charge in [-0.2, -0.15) is 0 Å². The fourth-order valence-electron chi connectivity index (χ4n) is 1.17. The van der Waals surface area contributed by atoms with E-state index in [1.807, 2.05) is 0 Å². The van der Waals surface area contributed by atoms with Crippen molar-refractivity contribution in [1.82, 2.24) is 3.11 Å². The van der Waals surface area contributed by atoms with E-state index in [0.29, 0.717) is 6.04 Å². The van der Waals surface area contributed by atoms with Crippen molar-refractivity contribution in [2.75, 3.05) is 13.1 Å². The van der Waals surface area contributed by atoms with Crippen molar-refractivity contribution in [3.8, 4) is 0 Å². The van der Waals surface area contributed by atoms with Crippen LogP contribution in [-0.4, -0.2) is 22.2 Å². The third-order valence-corrected chi connectivity index (χ3v) is 2.80. The maximum absolute atomic E-state index is 5.73. The van der Waals surface area contributed by atoms with Crippen LogP contribution in [0.2, 0.25) is 0 Å². The molecule has 0 aliphatic carbocycles. The number of halogens is 1. The van der Waals surface area contributed by atoms with Gasteiger partial charge in [-0.1, -0.05) is 0 Å². The summed E-state index contributed by atoms with van der Waals surface area (Å²) in [5, 5.41) is 0. The van der Waals surface area contributed by atoms with Crippen LogP contribution in [0.15, 0.2) is 0 Å². The molecule has 2 atom stereocenters. The maximum Gasteiger partial charge on any atom is 0.0201 e. The molecule has 2 unspecified atom stereocenters. The quantitative estimate of drug-likeness (QED) is 0.547. The van der Waals surface area contributed by atoms with Gasteiger partial charge in [0.05, 0.1) is 0 Å². The first kappa shape index (κ1) is 7.75. The van der Waals surface area contributed by atoms with Crippen molar-refractivity contribution in [2.24, 2.45) is 11.7 Å². The first-order valence-corrected chi connectivity index (χ1v) is 4.33. The summed E-state index contributed by atoms with van der Waals surface area (Å²) >= 11 is 2.36. The highest BCUT2D eigenvalue weighted by atomic mass is 127. The number of hydrogen-bond donors (Lipinski definition) is 1. The van der Waals surface area contributed by atoms with E-state index in [4.69, 9.17) is 5.73 Å². The highest BCUT2D eigenvalue weighted by Crippen LogP contribution is 2.20. The Balaban J connectivity index is 2.30. The highest BCUT2D eigenvalue weighted by molar-refractivity contribution is 14.1. The molecule has 2 N–H and O–H groups in total. The monoisotopic (exact) mass is 240 g/mol. The molecule has 0 radical (unpaired) electrons. The van der Waals surface area contributed by atoms with Gasteiger partial charge in [-0.3, -0.25) is 0 Å². The van der Waals surface area contributed by atoms with Gasteiger partial charge in [-0.05, 0) is 19.3 Å². The minimum absolute atomic E-state index is 0.379. The summed E-state index contributed by atoms with van der Waals surface area (Å²) < 4.78 is 2.31. The number of rotatable bonds is 1. The van der Waals surface area contributed by atoms with Crippen molar-refractivity contribution >= 4 is 22.9 Å². The Labute approximate surface area is 70.3 Å². The molecular weight excluding hydrogens is 227 g/mol. The molecule has 0 saturated carbocycles. The lowest BCUT2D eigenvalue weighted by molar-refractivity contribution is 0.465. The van der Waals surface area contributed by atoms with Gasteiger partial charge in [0.25, 0.3) is 0 Å². The molecule has 9 heavy (non-hydrogen) atoms. The van der Waals surface area contributed by atoms with E-state index in [0.717, 1.165) is 5.92 Å². The Bertz CT molecular complexity index is 95.1. The Hall–Kier alpha value is 0.650. The SMILES string of the molecule is CC(N)C1CCN(I)C1. The van der Waals surface area contributed by atoms with Gasteiger partial charge >= 0.3 is 0 Å². The average Bonchev–Trinajstić information content (AvgIpc) is 2.14. The van der Waals surface area contributed by atoms with Gasteiger partial charge in [0.15, 0.2) is 0 Å². The lowest BCUT2D eigenvalue weighted by Crippen LogP contribution is -2.27. The number of nitrogens with two attached hydrogens (primary N) is 1. The molecule has 1 saturated heterocycles. The Morgan fingerprint density at radius 2 is 2.44 bits per heavy atom. The standard InChI is InChI=1S/C6H13IN2/c1-5(8)6-2-3-9(7)4-6/h5-6H,2-4,8H2,1H3. The molecule has 1 rings (SSSR count). The fourth-order valence-corrected chi connectivity index (χ4v) is 1.96. The molecule has 0 spiro atoms. The lowest BCUT2D eigenvalue weighted by Gasteiger charge is -2.12. The van der Waals surface area contributed by atoms with Gasteiger partial charge in [0.1, 0.15) is 0 Å². The van der Waals surface area contributed by atoms with Crippen LogP contribution in [0.5, 0.6) is 0 Å². The zero-order chi connectivity index (χ0) is 6.85. The van der Waals surface area contributed by atoms with Gasteiger partial charge < -0.3 is 5.73 Å². The van der Waals surface area contributed by atoms with Gasteiger partial charge in [0, 0.05) is 42.0 Å². The second-order valence-corrected chi connectivity index (χ2v) is 4.14. The van der Waals surface area contributed by atoms with Crippen molar-refractivity contribution in [2.45, 2.75) is 19.4 Å². The number of hydrogen-bond acceptors (Lipinski definition) is 2. The molecule has 1 fully saturated rings. The van der Waals surface area contributed by atoms with E-state index in [-0.39, 0.29) is 0 Å². The predicted molar refractivity (Wildman–Crippen MR) is 47.3 cm³/mol. The first-order valence-electron chi connectivity index (χ1n) is 3.36. The molecule has 2 nitrogen and oxygen atoms in total. The summed E-state index contributed by atoms with van der Waals surface area (Å²) in [6, 6.07) is 0.379. The van der Waals surface area contributed by atoms with Gasteiger partial charge in [-0.25, -0.2) is 3.11 Å². The normalized spacial score (nSPS) is 33.0. The second-order valence-electron chi connectivity index (χ2n) is 2.78. The third kappa shape index (κ3) is 2.05. The summed E-state index contributed by atoms with van der Waals surface area (Å²) in [5.41, 5.74) is 5.73. The van der Waals surface area contributed by atoms with Crippen molar-refractivity contribution in [3.05, 3.63) is 0 Å². The van der Waals surface area contributed by atoms with Crippen LogP contribution < -0.4 is 5.73 Å². The van der Waals surface area contributed by atoms with Gasteiger partial charge in [-0.15, -0.1) is 0 Å². The minimum atomic E-state index is 0.379. The molecule has 0 amide bonds. The van der Waals surface area contributed by atoms with Crippen molar-refractivity contribution < 1.29 is 0 Å². The molecule has 1 heterocycles. The van der Waals surface area contributed by atoms with Crippen LogP contribution >= 0.6 is 22.9 Å². The van der Waals surface area contributed by atoms with Crippen LogP contribution in [0.3, 0.4) is 0 Å². The average molecular weight is 240 g/mol. The summed E-state index contributed by atoms with van der Waals surface area (Å²) in [6.45, 7) is 4.49. The summed E-state index contributed by atoms with van der Waals surface area (Å²) in [4.78, 5) is 0. The molecule has 1 aliphatic rings.